The molecular weight excluding hydrogens is 366 g/mol. The zero-order valence-corrected chi connectivity index (χ0v) is 18.0. The summed E-state index contributed by atoms with van der Waals surface area (Å²) in [4.78, 5) is 14.1. The van der Waals surface area contributed by atoms with Gasteiger partial charge in [0.15, 0.2) is 5.82 Å². The van der Waals surface area contributed by atoms with Gasteiger partial charge in [-0.2, -0.15) is 4.98 Å². The second-order valence-electron chi connectivity index (χ2n) is 8.92. The van der Waals surface area contributed by atoms with Crippen molar-refractivity contribution in [2.24, 2.45) is 5.92 Å². The first-order chi connectivity index (χ1) is 14.0. The molecule has 2 aliphatic heterocycles. The third kappa shape index (κ3) is 4.95. The van der Waals surface area contributed by atoms with E-state index >= 15 is 0 Å². The van der Waals surface area contributed by atoms with Crippen molar-refractivity contribution in [3.63, 3.8) is 0 Å². The standard InChI is InChI=1S/C22H33N5O2/c1-15(2)21-24-22(29-25-21)19-5-8-23-20(11-19)27-9-6-18(7-10-27)14-26-12-16(3)28-17(4)13-26/h5,8,11,15-18H,6-7,9-10,12-14H2,1-4H3. The van der Waals surface area contributed by atoms with Gasteiger partial charge in [-0.1, -0.05) is 19.0 Å². The molecule has 0 amide bonds. The van der Waals surface area contributed by atoms with Crippen molar-refractivity contribution in [3.05, 3.63) is 24.2 Å². The number of aromatic nitrogens is 3. The lowest BCUT2D eigenvalue weighted by molar-refractivity contribution is -0.0720. The molecule has 7 nitrogen and oxygen atoms in total. The Hall–Kier alpha value is -1.99. The molecule has 2 saturated heterocycles. The molecule has 2 aliphatic rings. The topological polar surface area (TPSA) is 67.5 Å². The maximum atomic E-state index is 5.87. The van der Waals surface area contributed by atoms with Crippen LogP contribution in [0.25, 0.3) is 11.5 Å². The normalized spacial score (nSPS) is 24.4. The second kappa shape index (κ2) is 8.79. The third-order valence-electron chi connectivity index (χ3n) is 5.90. The molecule has 7 heteroatoms. The highest BCUT2D eigenvalue weighted by Crippen LogP contribution is 2.27. The fraction of sp³-hybridized carbons (Fsp3) is 0.682. The van der Waals surface area contributed by atoms with Crippen LogP contribution in [0.1, 0.15) is 52.3 Å². The van der Waals surface area contributed by atoms with Crippen LogP contribution in [0.2, 0.25) is 0 Å². The van der Waals surface area contributed by atoms with E-state index in [0.717, 1.165) is 49.3 Å². The lowest BCUT2D eigenvalue weighted by atomic mass is 9.95. The third-order valence-corrected chi connectivity index (χ3v) is 5.90. The maximum absolute atomic E-state index is 5.87. The van der Waals surface area contributed by atoms with E-state index in [1.54, 1.807) is 0 Å². The van der Waals surface area contributed by atoms with Gasteiger partial charge in [0.1, 0.15) is 5.82 Å². The van der Waals surface area contributed by atoms with Crippen LogP contribution >= 0.6 is 0 Å². The summed E-state index contributed by atoms with van der Waals surface area (Å²) in [5.74, 6) is 3.31. The molecule has 2 aromatic heterocycles. The van der Waals surface area contributed by atoms with E-state index in [2.05, 4.69) is 58.7 Å². The van der Waals surface area contributed by atoms with Gasteiger partial charge in [-0.05, 0) is 44.7 Å². The molecule has 0 N–H and O–H groups in total. The quantitative estimate of drug-likeness (QED) is 0.761. The summed E-state index contributed by atoms with van der Waals surface area (Å²) in [6.07, 6.45) is 4.92. The smallest absolute Gasteiger partial charge is 0.258 e. The molecule has 2 aromatic rings. The van der Waals surface area contributed by atoms with Gasteiger partial charge in [-0.25, -0.2) is 4.98 Å². The molecule has 0 spiro atoms. The predicted octanol–water partition coefficient (Wildman–Crippen LogP) is 3.58. The Morgan fingerprint density at radius 3 is 2.52 bits per heavy atom. The number of pyridine rings is 1. The molecule has 0 radical (unpaired) electrons. The Kier molecular flexibility index (Phi) is 6.15. The van der Waals surface area contributed by atoms with Gasteiger partial charge < -0.3 is 14.2 Å². The van der Waals surface area contributed by atoms with Crippen LogP contribution in [0.3, 0.4) is 0 Å². The van der Waals surface area contributed by atoms with Crippen molar-refractivity contribution in [3.8, 4) is 11.5 Å². The maximum Gasteiger partial charge on any atom is 0.258 e. The minimum atomic E-state index is 0.255. The van der Waals surface area contributed by atoms with Crippen LogP contribution in [0.15, 0.2) is 22.9 Å². The summed E-state index contributed by atoms with van der Waals surface area (Å²) in [5, 5.41) is 4.08. The van der Waals surface area contributed by atoms with Gasteiger partial charge >= 0.3 is 0 Å². The molecule has 2 fully saturated rings. The lowest BCUT2D eigenvalue weighted by Gasteiger charge is -2.39. The van der Waals surface area contributed by atoms with E-state index in [1.807, 2.05) is 12.3 Å². The largest absolute Gasteiger partial charge is 0.373 e. The van der Waals surface area contributed by atoms with Gasteiger partial charge in [0.2, 0.25) is 0 Å². The van der Waals surface area contributed by atoms with E-state index in [0.29, 0.717) is 18.1 Å². The van der Waals surface area contributed by atoms with Crippen molar-refractivity contribution in [2.75, 3.05) is 37.6 Å². The van der Waals surface area contributed by atoms with Crippen molar-refractivity contribution in [1.29, 1.82) is 0 Å². The van der Waals surface area contributed by atoms with Crippen LogP contribution in [0, 0.1) is 5.92 Å². The number of anilines is 1. The van der Waals surface area contributed by atoms with Gasteiger partial charge in [0.05, 0.1) is 12.2 Å². The molecule has 158 valence electrons. The summed E-state index contributed by atoms with van der Waals surface area (Å²) in [6.45, 7) is 13.8. The van der Waals surface area contributed by atoms with Crippen LogP contribution in [-0.2, 0) is 4.74 Å². The van der Waals surface area contributed by atoms with Crippen molar-refractivity contribution >= 4 is 5.82 Å². The van der Waals surface area contributed by atoms with Crippen molar-refractivity contribution in [1.82, 2.24) is 20.0 Å². The Balaban J connectivity index is 1.35. The minimum Gasteiger partial charge on any atom is -0.373 e. The molecule has 0 aliphatic carbocycles. The Bertz CT molecular complexity index is 790. The molecule has 2 unspecified atom stereocenters. The number of piperidine rings is 1. The molecule has 29 heavy (non-hydrogen) atoms. The number of rotatable bonds is 5. The van der Waals surface area contributed by atoms with Gasteiger partial charge in [0.25, 0.3) is 5.89 Å². The highest BCUT2D eigenvalue weighted by molar-refractivity contribution is 5.58. The summed E-state index contributed by atoms with van der Waals surface area (Å²) >= 11 is 0. The molecule has 0 saturated carbocycles. The second-order valence-corrected chi connectivity index (χ2v) is 8.92. The van der Waals surface area contributed by atoms with Crippen LogP contribution in [-0.4, -0.2) is 65.0 Å². The molecule has 0 aromatic carbocycles. The van der Waals surface area contributed by atoms with E-state index in [9.17, 15) is 0 Å². The van der Waals surface area contributed by atoms with Crippen molar-refractivity contribution in [2.45, 2.75) is 58.7 Å². The summed E-state index contributed by atoms with van der Waals surface area (Å²) in [7, 11) is 0. The Morgan fingerprint density at radius 1 is 1.14 bits per heavy atom. The van der Waals surface area contributed by atoms with Crippen LogP contribution in [0.4, 0.5) is 5.82 Å². The van der Waals surface area contributed by atoms with Crippen LogP contribution in [0.5, 0.6) is 0 Å². The van der Waals surface area contributed by atoms with Gasteiger partial charge in [0, 0.05) is 50.4 Å². The fourth-order valence-corrected chi connectivity index (χ4v) is 4.45. The lowest BCUT2D eigenvalue weighted by Crippen LogP contribution is -2.48. The van der Waals surface area contributed by atoms with Gasteiger partial charge in [-0.3, -0.25) is 4.90 Å². The molecule has 4 rings (SSSR count). The van der Waals surface area contributed by atoms with E-state index in [4.69, 9.17) is 9.26 Å². The highest BCUT2D eigenvalue weighted by atomic mass is 16.5. The zero-order chi connectivity index (χ0) is 20.4. The molecule has 2 atom stereocenters. The average Bonchev–Trinajstić information content (AvgIpc) is 3.19. The Morgan fingerprint density at radius 2 is 1.86 bits per heavy atom. The molecule has 4 heterocycles. The first-order valence-corrected chi connectivity index (χ1v) is 10.9. The number of hydrogen-bond acceptors (Lipinski definition) is 7. The first-order valence-electron chi connectivity index (χ1n) is 10.9. The van der Waals surface area contributed by atoms with Crippen molar-refractivity contribution < 1.29 is 9.26 Å². The summed E-state index contributed by atoms with van der Waals surface area (Å²) < 4.78 is 11.3. The minimum absolute atomic E-state index is 0.255. The SMILES string of the molecule is CC1CN(CC2CCN(c3cc(-c4nc(C(C)C)no4)ccn3)CC2)CC(C)O1. The fourth-order valence-electron chi connectivity index (χ4n) is 4.45. The monoisotopic (exact) mass is 399 g/mol. The summed E-state index contributed by atoms with van der Waals surface area (Å²) in [6, 6.07) is 4.01. The van der Waals surface area contributed by atoms with Crippen LogP contribution < -0.4 is 4.90 Å². The number of hydrogen-bond donors (Lipinski definition) is 0. The van der Waals surface area contributed by atoms with E-state index in [-0.39, 0.29) is 5.92 Å². The molecular formula is C22H33N5O2. The number of ether oxygens (including phenoxy) is 1. The number of morpholine rings is 1. The van der Waals surface area contributed by atoms with Gasteiger partial charge in [-0.15, -0.1) is 0 Å². The first kappa shape index (κ1) is 20.3. The molecule has 0 bridgehead atoms. The summed E-state index contributed by atoms with van der Waals surface area (Å²) in [5.41, 5.74) is 0.938. The average molecular weight is 400 g/mol. The predicted molar refractivity (Wildman–Crippen MR) is 113 cm³/mol. The highest BCUT2D eigenvalue weighted by Gasteiger charge is 2.27. The van der Waals surface area contributed by atoms with E-state index < -0.39 is 0 Å². The zero-order valence-electron chi connectivity index (χ0n) is 18.0. The number of nitrogens with zero attached hydrogens (tertiary/aromatic N) is 5. The van der Waals surface area contributed by atoms with E-state index in [1.165, 1.54) is 19.4 Å². The Labute approximate surface area is 173 Å².